The summed E-state index contributed by atoms with van der Waals surface area (Å²) < 4.78 is 1.55. The van der Waals surface area contributed by atoms with Crippen LogP contribution in [0.25, 0.3) is 0 Å². The molecule has 2 aromatic rings. The van der Waals surface area contributed by atoms with Crippen molar-refractivity contribution >= 4 is 40.5 Å². The standard InChI is InChI=1S/C24H27ClN4O4/c1-14(30)27-17-2-4-18(5-3-17)28-19-12-26-29(22(33)21(19)25)24-9-15-6-16(10-24)8-23(7-15,13-24)11-20(31)32/h2-5,12,15-16,28H,6-11,13H2,1H3,(H,27,30)(H,31,32). The average molecular weight is 471 g/mol. The monoisotopic (exact) mass is 470 g/mol. The number of hydrogen-bond donors (Lipinski definition) is 3. The predicted molar refractivity (Wildman–Crippen MR) is 125 cm³/mol. The third-order valence-electron chi connectivity index (χ3n) is 7.53. The number of carboxylic acids is 1. The van der Waals surface area contributed by atoms with Gasteiger partial charge in [-0.05, 0) is 80.0 Å². The Labute approximate surface area is 196 Å². The molecule has 4 saturated carbocycles. The summed E-state index contributed by atoms with van der Waals surface area (Å²) in [6, 6.07) is 7.07. The number of nitrogens with one attached hydrogen (secondary N) is 2. The van der Waals surface area contributed by atoms with E-state index < -0.39 is 11.5 Å². The molecule has 4 aliphatic carbocycles. The van der Waals surface area contributed by atoms with Gasteiger partial charge in [0.2, 0.25) is 5.91 Å². The number of hydrogen-bond acceptors (Lipinski definition) is 5. The minimum absolute atomic E-state index is 0.0685. The highest BCUT2D eigenvalue weighted by Crippen LogP contribution is 2.65. The van der Waals surface area contributed by atoms with Gasteiger partial charge in [-0.15, -0.1) is 0 Å². The van der Waals surface area contributed by atoms with E-state index in [9.17, 15) is 19.5 Å². The van der Waals surface area contributed by atoms with E-state index in [4.69, 9.17) is 11.6 Å². The number of carbonyl (C=O) groups is 2. The summed E-state index contributed by atoms with van der Waals surface area (Å²) in [5.41, 5.74) is 0.735. The van der Waals surface area contributed by atoms with Crippen LogP contribution in [0.3, 0.4) is 0 Å². The van der Waals surface area contributed by atoms with Gasteiger partial charge in [0.15, 0.2) is 0 Å². The van der Waals surface area contributed by atoms with Crippen molar-refractivity contribution in [2.45, 2.75) is 57.4 Å². The van der Waals surface area contributed by atoms with Crippen molar-refractivity contribution in [2.24, 2.45) is 17.3 Å². The lowest BCUT2D eigenvalue weighted by molar-refractivity contribution is -0.151. The maximum absolute atomic E-state index is 13.4. The maximum atomic E-state index is 13.4. The van der Waals surface area contributed by atoms with Gasteiger partial charge in [-0.2, -0.15) is 5.10 Å². The van der Waals surface area contributed by atoms with E-state index in [0.29, 0.717) is 35.3 Å². The molecular formula is C24H27ClN4O4. The van der Waals surface area contributed by atoms with Gasteiger partial charge in [0.05, 0.1) is 23.8 Å². The number of amides is 1. The van der Waals surface area contributed by atoms with Crippen molar-refractivity contribution < 1.29 is 14.7 Å². The van der Waals surface area contributed by atoms with Crippen LogP contribution in [-0.4, -0.2) is 26.8 Å². The zero-order valence-electron chi connectivity index (χ0n) is 18.4. The second-order valence-corrected chi connectivity index (χ2v) is 10.6. The number of benzene rings is 1. The molecule has 8 nitrogen and oxygen atoms in total. The van der Waals surface area contributed by atoms with Crippen molar-refractivity contribution in [1.82, 2.24) is 9.78 Å². The minimum Gasteiger partial charge on any atom is -0.481 e. The van der Waals surface area contributed by atoms with Gasteiger partial charge in [0, 0.05) is 18.3 Å². The molecule has 1 aromatic carbocycles. The fourth-order valence-corrected chi connectivity index (χ4v) is 7.21. The lowest BCUT2D eigenvalue weighted by Crippen LogP contribution is -2.59. The van der Waals surface area contributed by atoms with Crippen LogP contribution in [0.5, 0.6) is 0 Å². The molecule has 2 unspecified atom stereocenters. The molecule has 1 aromatic heterocycles. The summed E-state index contributed by atoms with van der Waals surface area (Å²) in [6.07, 6.45) is 7.06. The summed E-state index contributed by atoms with van der Waals surface area (Å²) in [6.45, 7) is 1.44. The van der Waals surface area contributed by atoms with Crippen LogP contribution in [0, 0.1) is 17.3 Å². The smallest absolute Gasteiger partial charge is 0.303 e. The Morgan fingerprint density at radius 1 is 1.15 bits per heavy atom. The first-order chi connectivity index (χ1) is 15.7. The summed E-state index contributed by atoms with van der Waals surface area (Å²) >= 11 is 6.52. The number of anilines is 3. The highest BCUT2D eigenvalue weighted by Gasteiger charge is 2.59. The average Bonchev–Trinajstić information content (AvgIpc) is 2.70. The normalized spacial score (nSPS) is 29.6. The zero-order chi connectivity index (χ0) is 23.4. The van der Waals surface area contributed by atoms with E-state index in [1.165, 1.54) is 6.92 Å². The molecule has 4 bridgehead atoms. The highest BCUT2D eigenvalue weighted by atomic mass is 35.5. The Morgan fingerprint density at radius 3 is 2.39 bits per heavy atom. The van der Waals surface area contributed by atoms with Crippen LogP contribution in [0.2, 0.25) is 5.02 Å². The second kappa shape index (κ2) is 7.87. The second-order valence-electron chi connectivity index (χ2n) is 10.2. The van der Waals surface area contributed by atoms with E-state index in [2.05, 4.69) is 15.7 Å². The molecule has 174 valence electrons. The van der Waals surface area contributed by atoms with Crippen molar-refractivity contribution in [3.63, 3.8) is 0 Å². The molecule has 1 amide bonds. The number of rotatable bonds is 6. The fraction of sp³-hybridized carbons (Fsp3) is 0.500. The Morgan fingerprint density at radius 2 is 1.79 bits per heavy atom. The molecule has 0 radical (unpaired) electrons. The quantitative estimate of drug-likeness (QED) is 0.577. The molecule has 33 heavy (non-hydrogen) atoms. The highest BCUT2D eigenvalue weighted by molar-refractivity contribution is 6.33. The van der Waals surface area contributed by atoms with Gasteiger partial charge in [0.1, 0.15) is 5.02 Å². The summed E-state index contributed by atoms with van der Waals surface area (Å²) in [5, 5.41) is 20.0. The molecule has 0 spiro atoms. The van der Waals surface area contributed by atoms with Gasteiger partial charge in [0.25, 0.3) is 5.56 Å². The molecule has 1 heterocycles. The topological polar surface area (TPSA) is 113 Å². The van der Waals surface area contributed by atoms with E-state index in [1.54, 1.807) is 35.1 Å². The van der Waals surface area contributed by atoms with Crippen LogP contribution in [-0.2, 0) is 15.1 Å². The van der Waals surface area contributed by atoms with Crippen LogP contribution in [0.15, 0.2) is 35.3 Å². The van der Waals surface area contributed by atoms with E-state index >= 15 is 0 Å². The number of carbonyl (C=O) groups excluding carboxylic acids is 1. The molecule has 6 rings (SSSR count). The van der Waals surface area contributed by atoms with E-state index in [-0.39, 0.29) is 28.3 Å². The molecule has 3 N–H and O–H groups in total. The maximum Gasteiger partial charge on any atom is 0.303 e. The number of carboxylic acid groups (broad SMARTS) is 1. The van der Waals surface area contributed by atoms with Crippen molar-refractivity contribution in [1.29, 1.82) is 0 Å². The number of aromatic nitrogens is 2. The Balaban J connectivity index is 1.43. The van der Waals surface area contributed by atoms with Gasteiger partial charge in [-0.1, -0.05) is 11.6 Å². The van der Waals surface area contributed by atoms with Crippen LogP contribution >= 0.6 is 11.6 Å². The van der Waals surface area contributed by atoms with E-state index in [0.717, 1.165) is 32.1 Å². The van der Waals surface area contributed by atoms with Gasteiger partial charge < -0.3 is 15.7 Å². The SMILES string of the molecule is CC(=O)Nc1ccc(Nc2cnn(C34CC5CC(CC(CC(=O)O)(C5)C3)C4)c(=O)c2Cl)cc1. The molecule has 4 fully saturated rings. The summed E-state index contributed by atoms with van der Waals surface area (Å²) in [5.74, 6) is -0.0631. The summed E-state index contributed by atoms with van der Waals surface area (Å²) in [7, 11) is 0. The lowest BCUT2D eigenvalue weighted by atomic mass is 9.46. The first-order valence-electron chi connectivity index (χ1n) is 11.3. The van der Waals surface area contributed by atoms with Crippen molar-refractivity contribution in [3.8, 4) is 0 Å². The predicted octanol–water partition coefficient (Wildman–Crippen LogP) is 4.37. The van der Waals surface area contributed by atoms with Crippen molar-refractivity contribution in [3.05, 3.63) is 45.8 Å². The lowest BCUT2D eigenvalue weighted by Gasteiger charge is -2.61. The fourth-order valence-electron chi connectivity index (χ4n) is 7.03. The largest absolute Gasteiger partial charge is 0.481 e. The van der Waals surface area contributed by atoms with Crippen LogP contribution < -0.4 is 16.2 Å². The first-order valence-corrected chi connectivity index (χ1v) is 11.7. The zero-order valence-corrected chi connectivity index (χ0v) is 19.2. The summed E-state index contributed by atoms with van der Waals surface area (Å²) in [4.78, 5) is 36.2. The van der Waals surface area contributed by atoms with Gasteiger partial charge in [-0.3, -0.25) is 14.4 Å². The number of aliphatic carboxylic acids is 1. The van der Waals surface area contributed by atoms with Gasteiger partial charge >= 0.3 is 5.97 Å². The van der Waals surface area contributed by atoms with Crippen LogP contribution in [0.1, 0.15) is 51.9 Å². The van der Waals surface area contributed by atoms with E-state index in [1.807, 2.05) is 0 Å². The molecule has 2 atom stereocenters. The van der Waals surface area contributed by atoms with Crippen LogP contribution in [0.4, 0.5) is 17.1 Å². The molecule has 0 aliphatic heterocycles. The number of halogens is 1. The third-order valence-corrected chi connectivity index (χ3v) is 7.90. The number of nitrogens with zero attached hydrogens (tertiary/aromatic N) is 2. The Hall–Kier alpha value is -2.87. The first kappa shape index (κ1) is 21.9. The Bertz CT molecular complexity index is 1160. The molecule has 4 aliphatic rings. The van der Waals surface area contributed by atoms with Gasteiger partial charge in [-0.25, -0.2) is 4.68 Å². The minimum atomic E-state index is -0.769. The Kier molecular flexibility index (Phi) is 5.23. The molecular weight excluding hydrogens is 444 g/mol. The molecule has 9 heteroatoms. The molecule has 0 saturated heterocycles. The van der Waals surface area contributed by atoms with Crippen molar-refractivity contribution in [2.75, 3.05) is 10.6 Å². The third kappa shape index (κ3) is 4.01.